The van der Waals surface area contributed by atoms with Gasteiger partial charge in [-0.25, -0.2) is 5.01 Å². The van der Waals surface area contributed by atoms with E-state index in [1.165, 1.54) is 18.9 Å². The Kier molecular flexibility index (Phi) is 4.79. The van der Waals surface area contributed by atoms with Crippen molar-refractivity contribution in [3.8, 4) is 11.5 Å². The van der Waals surface area contributed by atoms with E-state index in [0.717, 1.165) is 0 Å². The number of ether oxygens (including phenoxy) is 1. The number of benzene rings is 2. The van der Waals surface area contributed by atoms with Gasteiger partial charge < -0.3 is 9.84 Å². The van der Waals surface area contributed by atoms with Crippen LogP contribution < -0.4 is 20.6 Å². The molecule has 0 fully saturated rings. The normalized spacial score (nSPS) is 17.7. The summed E-state index contributed by atoms with van der Waals surface area (Å²) in [6.07, 6.45) is 1.15. The molecule has 2 heterocycles. The standard InChI is InChI=1S/C20H18N4O3S/c1-3-10-28-20-22-19(26)17-13-6-4-5-7-14(13)21-18(24(17)23-20)12-8-9-16(27-2)15(25)11-12/h3-9,11,18,25H,1,10H2,2H3,(H,22,23,26). The van der Waals surface area contributed by atoms with E-state index in [1.54, 1.807) is 29.3 Å². The van der Waals surface area contributed by atoms with E-state index in [2.05, 4.69) is 17.0 Å². The van der Waals surface area contributed by atoms with Crippen molar-refractivity contribution >= 4 is 28.5 Å². The molecule has 0 radical (unpaired) electrons. The van der Waals surface area contributed by atoms with E-state index < -0.39 is 6.17 Å². The Hall–Kier alpha value is -3.26. The molecule has 2 aromatic rings. The molecule has 1 unspecified atom stereocenters. The first-order valence-corrected chi connectivity index (χ1v) is 9.58. The molecule has 8 heteroatoms. The van der Waals surface area contributed by atoms with Gasteiger partial charge in [0.25, 0.3) is 5.91 Å². The van der Waals surface area contributed by atoms with E-state index in [-0.39, 0.29) is 11.7 Å². The van der Waals surface area contributed by atoms with Crippen LogP contribution in [0.2, 0.25) is 0 Å². The molecule has 2 N–H and O–H groups in total. The summed E-state index contributed by atoms with van der Waals surface area (Å²) in [7, 11) is 1.49. The lowest BCUT2D eigenvalue weighted by molar-refractivity contribution is -0.116. The smallest absolute Gasteiger partial charge is 0.276 e. The number of aromatic hydroxyl groups is 1. The second-order valence-corrected chi connectivity index (χ2v) is 7.11. The molecule has 2 aromatic carbocycles. The zero-order chi connectivity index (χ0) is 19.7. The number of fused-ring (bicyclic) bond motifs is 2. The second-order valence-electron chi connectivity index (χ2n) is 6.10. The van der Waals surface area contributed by atoms with Crippen LogP contribution >= 0.6 is 11.8 Å². The molecule has 4 rings (SSSR count). The number of amides is 1. The summed E-state index contributed by atoms with van der Waals surface area (Å²) < 4.78 is 5.12. The minimum atomic E-state index is -0.591. The fourth-order valence-electron chi connectivity index (χ4n) is 3.11. The summed E-state index contributed by atoms with van der Waals surface area (Å²) in [5.74, 6) is 0.740. The molecular weight excluding hydrogens is 376 g/mol. The van der Waals surface area contributed by atoms with Crippen LogP contribution in [0.15, 0.2) is 65.2 Å². The number of methoxy groups -OCH3 is 1. The average molecular weight is 394 g/mol. The number of hydrazone groups is 1. The van der Waals surface area contributed by atoms with Crippen LogP contribution in [0.5, 0.6) is 11.5 Å². The number of amidine groups is 1. The third-order valence-corrected chi connectivity index (χ3v) is 5.21. The predicted octanol–water partition coefficient (Wildman–Crippen LogP) is 1.46. The van der Waals surface area contributed by atoms with Gasteiger partial charge >= 0.3 is 0 Å². The molecule has 1 amide bonds. The summed E-state index contributed by atoms with van der Waals surface area (Å²) >= 11 is 1.38. The number of carbonyl (C=O) groups excluding carboxylic acids is 1. The highest BCUT2D eigenvalue weighted by Crippen LogP contribution is 2.35. The number of phenolic OH excluding ortho intramolecular Hbond substituents is 1. The molecule has 2 aliphatic rings. The van der Waals surface area contributed by atoms with Crippen LogP contribution in [0.4, 0.5) is 0 Å². The van der Waals surface area contributed by atoms with Gasteiger partial charge in [0.15, 0.2) is 22.8 Å². The van der Waals surface area contributed by atoms with Gasteiger partial charge in [-0.05, 0) is 18.2 Å². The maximum absolute atomic E-state index is 12.9. The van der Waals surface area contributed by atoms with E-state index in [1.807, 2.05) is 24.3 Å². The Morgan fingerprint density at radius 2 is 2.18 bits per heavy atom. The van der Waals surface area contributed by atoms with E-state index in [0.29, 0.717) is 38.5 Å². The van der Waals surface area contributed by atoms with Crippen LogP contribution in [0.25, 0.3) is 5.70 Å². The molecular formula is C20H18N4O3S. The molecule has 0 aliphatic carbocycles. The highest BCUT2D eigenvalue weighted by Gasteiger charge is 2.34. The van der Waals surface area contributed by atoms with Crippen LogP contribution in [0.3, 0.4) is 0 Å². The number of hydrogen-bond donors (Lipinski definition) is 2. The van der Waals surface area contributed by atoms with Gasteiger partial charge in [0.2, 0.25) is 0 Å². The van der Waals surface area contributed by atoms with Crippen molar-refractivity contribution in [1.29, 1.82) is 0 Å². The molecule has 142 valence electrons. The zero-order valence-electron chi connectivity index (χ0n) is 15.1. The van der Waals surface area contributed by atoms with Gasteiger partial charge in [-0.1, -0.05) is 42.1 Å². The fraction of sp³-hybridized carbons (Fsp3) is 0.150. The van der Waals surface area contributed by atoms with Crippen molar-refractivity contribution in [2.45, 2.75) is 6.17 Å². The number of phenols is 1. The first-order chi connectivity index (χ1) is 13.6. The summed E-state index contributed by atoms with van der Waals surface area (Å²) in [5, 5.41) is 21.1. The average Bonchev–Trinajstić information content (AvgIpc) is 2.71. The Morgan fingerprint density at radius 3 is 2.93 bits per heavy atom. The summed E-state index contributed by atoms with van der Waals surface area (Å²) in [6.45, 7) is 3.70. The number of carbonyl (C=O) groups is 1. The Balaban J connectivity index is 1.89. The minimum absolute atomic E-state index is 0.00213. The van der Waals surface area contributed by atoms with E-state index in [9.17, 15) is 9.90 Å². The van der Waals surface area contributed by atoms with Crippen molar-refractivity contribution in [1.82, 2.24) is 10.3 Å². The quantitative estimate of drug-likeness (QED) is 0.767. The number of rotatable bonds is 4. The van der Waals surface area contributed by atoms with Crippen LogP contribution in [0.1, 0.15) is 11.7 Å². The monoisotopic (exact) mass is 394 g/mol. The van der Waals surface area contributed by atoms with Crippen molar-refractivity contribution < 1.29 is 14.6 Å². The highest BCUT2D eigenvalue weighted by atomic mass is 32.2. The lowest BCUT2D eigenvalue weighted by atomic mass is 10.1. The molecule has 2 aliphatic heterocycles. The summed E-state index contributed by atoms with van der Waals surface area (Å²) in [4.78, 5) is 17.7. The molecule has 0 saturated carbocycles. The number of hydrogen-bond acceptors (Lipinski definition) is 7. The number of para-hydroxylation sites is 1. The maximum Gasteiger partial charge on any atom is 0.276 e. The zero-order valence-corrected chi connectivity index (χ0v) is 15.9. The van der Waals surface area contributed by atoms with Crippen LogP contribution in [-0.2, 0) is 4.79 Å². The first-order valence-electron chi connectivity index (χ1n) is 8.59. The van der Waals surface area contributed by atoms with Gasteiger partial charge in [0, 0.05) is 16.5 Å². The lowest BCUT2D eigenvalue weighted by Crippen LogP contribution is -2.50. The molecule has 0 aromatic heterocycles. The van der Waals surface area contributed by atoms with Gasteiger partial charge in [-0.2, -0.15) is 0 Å². The Labute approximate surface area is 165 Å². The number of nitrogens with zero attached hydrogens (tertiary/aromatic N) is 3. The fourth-order valence-corrected chi connectivity index (χ4v) is 3.70. The van der Waals surface area contributed by atoms with Crippen molar-refractivity contribution in [3.05, 3.63) is 71.3 Å². The lowest BCUT2D eigenvalue weighted by Gasteiger charge is -2.34. The van der Waals surface area contributed by atoms with Crippen molar-refractivity contribution in [2.75, 3.05) is 12.9 Å². The molecule has 0 spiro atoms. The molecule has 7 nitrogen and oxygen atoms in total. The third kappa shape index (κ3) is 3.11. The van der Waals surface area contributed by atoms with Crippen LogP contribution in [0, 0.1) is 0 Å². The second kappa shape index (κ2) is 7.40. The topological polar surface area (TPSA) is 86.5 Å². The van der Waals surface area contributed by atoms with E-state index in [4.69, 9.17) is 9.73 Å². The van der Waals surface area contributed by atoms with Gasteiger partial charge in [0.1, 0.15) is 5.70 Å². The first kappa shape index (κ1) is 18.1. The summed E-state index contributed by atoms with van der Waals surface area (Å²) in [6, 6.07) is 12.5. The van der Waals surface area contributed by atoms with Gasteiger partial charge in [-0.15, -0.1) is 11.7 Å². The molecule has 0 saturated heterocycles. The van der Waals surface area contributed by atoms with Crippen molar-refractivity contribution in [2.24, 2.45) is 10.1 Å². The maximum atomic E-state index is 12.9. The Morgan fingerprint density at radius 1 is 1.36 bits per heavy atom. The van der Waals surface area contributed by atoms with Gasteiger partial charge in [0.05, 0.1) is 12.5 Å². The molecule has 0 bridgehead atoms. The molecule has 28 heavy (non-hydrogen) atoms. The third-order valence-electron chi connectivity index (χ3n) is 4.35. The summed E-state index contributed by atoms with van der Waals surface area (Å²) in [5.41, 5.74) is 1.12. The van der Waals surface area contributed by atoms with Gasteiger partial charge in [-0.3, -0.25) is 15.1 Å². The van der Waals surface area contributed by atoms with E-state index >= 15 is 0 Å². The van der Waals surface area contributed by atoms with Crippen molar-refractivity contribution in [3.63, 3.8) is 0 Å². The minimum Gasteiger partial charge on any atom is -0.504 e. The Bertz CT molecular complexity index is 1110. The largest absolute Gasteiger partial charge is 0.504 e. The van der Waals surface area contributed by atoms with Crippen LogP contribution in [-0.4, -0.2) is 34.1 Å². The number of nitrogens with one attached hydrogen (secondary N) is 1. The number of thioether (sulfide) groups is 1. The molecule has 1 atom stereocenters. The highest BCUT2D eigenvalue weighted by molar-refractivity contribution is 8.14. The SMILES string of the molecule is C=CCSC1=NN2C(=c3ccccc3=NC2c2ccc(OC)c(O)c2)C(=O)N1. The predicted molar refractivity (Wildman–Crippen MR) is 108 cm³/mol.